The SMILES string of the molecule is CN(C)CC(C)(C)CNC(=O)C1CCN(CC(C)(C)N)CC1.Cl. The summed E-state index contributed by atoms with van der Waals surface area (Å²) in [4.78, 5) is 16.9. The molecule has 3 N–H and O–H groups in total. The Hall–Kier alpha value is -0.360. The van der Waals surface area contributed by atoms with Crippen molar-refractivity contribution in [1.29, 1.82) is 0 Å². The maximum absolute atomic E-state index is 12.4. The number of nitrogens with zero attached hydrogens (tertiary/aromatic N) is 2. The standard InChI is InChI=1S/C17H36N4O.ClH/c1-16(2,12-20(5)6)11-19-15(22)14-7-9-21(10-8-14)13-17(3,4)18;/h14H,7-13,18H2,1-6H3,(H,19,22);1H. The molecule has 0 aromatic rings. The number of piperidine rings is 1. The molecule has 138 valence electrons. The van der Waals surface area contributed by atoms with Crippen LogP contribution in [0.15, 0.2) is 0 Å². The Morgan fingerprint density at radius 3 is 2.17 bits per heavy atom. The minimum absolute atomic E-state index is 0. The van der Waals surface area contributed by atoms with Gasteiger partial charge in [0.05, 0.1) is 0 Å². The van der Waals surface area contributed by atoms with Crippen molar-refractivity contribution in [2.75, 3.05) is 46.8 Å². The largest absolute Gasteiger partial charge is 0.355 e. The van der Waals surface area contributed by atoms with Gasteiger partial charge in [0.25, 0.3) is 0 Å². The molecule has 5 nitrogen and oxygen atoms in total. The minimum atomic E-state index is -0.161. The highest BCUT2D eigenvalue weighted by molar-refractivity contribution is 5.85. The van der Waals surface area contributed by atoms with Crippen LogP contribution >= 0.6 is 12.4 Å². The Morgan fingerprint density at radius 2 is 1.74 bits per heavy atom. The Balaban J connectivity index is 0.00000484. The van der Waals surface area contributed by atoms with Crippen LogP contribution in [0.4, 0.5) is 0 Å². The number of amides is 1. The van der Waals surface area contributed by atoms with Crippen LogP contribution in [-0.4, -0.2) is 68.1 Å². The third-order valence-corrected chi connectivity index (χ3v) is 4.07. The van der Waals surface area contributed by atoms with E-state index >= 15 is 0 Å². The summed E-state index contributed by atoms with van der Waals surface area (Å²) < 4.78 is 0. The highest BCUT2D eigenvalue weighted by Gasteiger charge is 2.28. The van der Waals surface area contributed by atoms with E-state index in [1.54, 1.807) is 0 Å². The van der Waals surface area contributed by atoms with Crippen LogP contribution in [0.2, 0.25) is 0 Å². The Labute approximate surface area is 148 Å². The van der Waals surface area contributed by atoms with E-state index in [4.69, 9.17) is 5.73 Å². The van der Waals surface area contributed by atoms with Gasteiger partial charge < -0.3 is 20.9 Å². The van der Waals surface area contributed by atoms with Gasteiger partial charge in [-0.2, -0.15) is 0 Å². The van der Waals surface area contributed by atoms with E-state index in [9.17, 15) is 4.79 Å². The topological polar surface area (TPSA) is 61.6 Å². The van der Waals surface area contributed by atoms with Gasteiger partial charge in [0.1, 0.15) is 0 Å². The third-order valence-electron chi connectivity index (χ3n) is 4.07. The molecule has 6 heteroatoms. The van der Waals surface area contributed by atoms with Crippen molar-refractivity contribution in [3.8, 4) is 0 Å². The summed E-state index contributed by atoms with van der Waals surface area (Å²) in [5.74, 6) is 0.380. The molecule has 1 rings (SSSR count). The van der Waals surface area contributed by atoms with Crippen LogP contribution in [0, 0.1) is 11.3 Å². The van der Waals surface area contributed by atoms with Crippen LogP contribution in [0.3, 0.4) is 0 Å². The first kappa shape index (κ1) is 22.6. The van der Waals surface area contributed by atoms with Crippen LogP contribution in [0.5, 0.6) is 0 Å². The number of carbonyl (C=O) groups excluding carboxylic acids is 1. The van der Waals surface area contributed by atoms with Crippen LogP contribution < -0.4 is 11.1 Å². The van der Waals surface area contributed by atoms with E-state index in [1.165, 1.54) is 0 Å². The summed E-state index contributed by atoms with van der Waals surface area (Å²) >= 11 is 0. The number of rotatable bonds is 7. The number of carbonyl (C=O) groups is 1. The molecule has 0 atom stereocenters. The van der Waals surface area contributed by atoms with Gasteiger partial charge in [-0.25, -0.2) is 0 Å². The molecule has 0 aromatic carbocycles. The van der Waals surface area contributed by atoms with Crippen molar-refractivity contribution in [1.82, 2.24) is 15.1 Å². The predicted octanol–water partition coefficient (Wildman–Crippen LogP) is 1.56. The van der Waals surface area contributed by atoms with Crippen molar-refractivity contribution in [2.45, 2.75) is 46.1 Å². The highest BCUT2D eigenvalue weighted by atomic mass is 35.5. The van der Waals surface area contributed by atoms with E-state index < -0.39 is 0 Å². The molecule has 1 amide bonds. The third kappa shape index (κ3) is 9.50. The van der Waals surface area contributed by atoms with E-state index in [-0.39, 0.29) is 35.2 Å². The number of halogens is 1. The summed E-state index contributed by atoms with van der Waals surface area (Å²) in [5.41, 5.74) is 6.01. The molecule has 23 heavy (non-hydrogen) atoms. The number of hydrogen-bond acceptors (Lipinski definition) is 4. The number of nitrogens with two attached hydrogens (primary N) is 1. The first-order valence-electron chi connectivity index (χ1n) is 8.42. The molecule has 0 aliphatic carbocycles. The molecule has 1 aliphatic rings. The molecule has 0 bridgehead atoms. The molecule has 0 saturated carbocycles. The van der Waals surface area contributed by atoms with Crippen LogP contribution in [-0.2, 0) is 4.79 Å². The smallest absolute Gasteiger partial charge is 0.223 e. The fourth-order valence-electron chi connectivity index (χ4n) is 3.31. The first-order chi connectivity index (χ1) is 9.98. The second kappa shape index (κ2) is 9.21. The molecule has 1 saturated heterocycles. The highest BCUT2D eigenvalue weighted by Crippen LogP contribution is 2.20. The van der Waals surface area contributed by atoms with Crippen LogP contribution in [0.25, 0.3) is 0 Å². The maximum Gasteiger partial charge on any atom is 0.223 e. The molecule has 0 unspecified atom stereocenters. The van der Waals surface area contributed by atoms with Gasteiger partial charge >= 0.3 is 0 Å². The lowest BCUT2D eigenvalue weighted by molar-refractivity contribution is -0.127. The second-order valence-electron chi connectivity index (χ2n) is 8.66. The lowest BCUT2D eigenvalue weighted by atomic mass is 9.91. The zero-order chi connectivity index (χ0) is 17.0. The molecule has 0 spiro atoms. The van der Waals surface area contributed by atoms with Crippen molar-refractivity contribution in [2.24, 2.45) is 17.1 Å². The van der Waals surface area contributed by atoms with E-state index in [0.717, 1.165) is 45.6 Å². The van der Waals surface area contributed by atoms with Gasteiger partial charge in [-0.1, -0.05) is 13.8 Å². The van der Waals surface area contributed by atoms with Gasteiger partial charge in [-0.15, -0.1) is 12.4 Å². The lowest BCUT2D eigenvalue weighted by Gasteiger charge is -2.36. The lowest BCUT2D eigenvalue weighted by Crippen LogP contribution is -2.49. The molecular formula is C17H37ClN4O. The number of nitrogens with one attached hydrogen (secondary N) is 1. The molecule has 1 heterocycles. The first-order valence-corrected chi connectivity index (χ1v) is 8.42. The summed E-state index contributed by atoms with van der Waals surface area (Å²) in [6.45, 7) is 13.0. The van der Waals surface area contributed by atoms with Gasteiger partial charge in [0.2, 0.25) is 5.91 Å². The quantitative estimate of drug-likeness (QED) is 0.733. The molecular weight excluding hydrogens is 312 g/mol. The summed E-state index contributed by atoms with van der Waals surface area (Å²) in [6, 6.07) is 0. The van der Waals surface area contributed by atoms with Crippen molar-refractivity contribution < 1.29 is 4.79 Å². The van der Waals surface area contributed by atoms with Gasteiger partial charge in [-0.3, -0.25) is 4.79 Å². The Kier molecular flexibility index (Phi) is 9.06. The van der Waals surface area contributed by atoms with Crippen molar-refractivity contribution in [3.63, 3.8) is 0 Å². The normalized spacial score (nSPS) is 17.9. The Bertz CT molecular complexity index is 358. The molecule has 0 radical (unpaired) electrons. The summed E-state index contributed by atoms with van der Waals surface area (Å²) in [6.07, 6.45) is 1.88. The molecule has 1 fully saturated rings. The van der Waals surface area contributed by atoms with Crippen LogP contribution in [0.1, 0.15) is 40.5 Å². The summed E-state index contributed by atoms with van der Waals surface area (Å²) in [7, 11) is 4.14. The average molecular weight is 349 g/mol. The second-order valence-corrected chi connectivity index (χ2v) is 8.66. The van der Waals surface area contributed by atoms with Crippen molar-refractivity contribution in [3.05, 3.63) is 0 Å². The zero-order valence-electron chi connectivity index (χ0n) is 15.8. The Morgan fingerprint density at radius 1 is 1.22 bits per heavy atom. The summed E-state index contributed by atoms with van der Waals surface area (Å²) in [5, 5.41) is 3.15. The number of likely N-dealkylation sites (tertiary alicyclic amines) is 1. The molecule has 0 aromatic heterocycles. The van der Waals surface area contributed by atoms with Gasteiger partial charge in [0.15, 0.2) is 0 Å². The van der Waals surface area contributed by atoms with Gasteiger partial charge in [-0.05, 0) is 59.3 Å². The fourth-order valence-corrected chi connectivity index (χ4v) is 3.31. The van der Waals surface area contributed by atoms with E-state index in [2.05, 4.69) is 56.9 Å². The monoisotopic (exact) mass is 348 g/mol. The van der Waals surface area contributed by atoms with E-state index in [0.29, 0.717) is 0 Å². The maximum atomic E-state index is 12.4. The fraction of sp³-hybridized carbons (Fsp3) is 0.941. The van der Waals surface area contributed by atoms with Crippen molar-refractivity contribution >= 4 is 18.3 Å². The molecule has 1 aliphatic heterocycles. The van der Waals surface area contributed by atoms with E-state index in [1.807, 2.05) is 0 Å². The minimum Gasteiger partial charge on any atom is -0.355 e. The number of hydrogen-bond donors (Lipinski definition) is 2. The predicted molar refractivity (Wildman–Crippen MR) is 100 cm³/mol. The zero-order valence-corrected chi connectivity index (χ0v) is 16.6. The average Bonchev–Trinajstić information content (AvgIpc) is 2.33. The van der Waals surface area contributed by atoms with Gasteiger partial charge in [0, 0.05) is 31.1 Å².